The van der Waals surface area contributed by atoms with Crippen LogP contribution in [0.3, 0.4) is 0 Å². The summed E-state index contributed by atoms with van der Waals surface area (Å²) in [5.41, 5.74) is 0.0469. The Kier molecular flexibility index (Phi) is 2.35. The van der Waals surface area contributed by atoms with Crippen LogP contribution in [0.25, 0.3) is 11.5 Å². The highest BCUT2D eigenvalue weighted by Gasteiger charge is 2.54. The van der Waals surface area contributed by atoms with Gasteiger partial charge in [-0.2, -0.15) is 0 Å². The predicted molar refractivity (Wildman–Crippen MR) is 67.8 cm³/mol. The van der Waals surface area contributed by atoms with Crippen molar-refractivity contribution in [2.75, 3.05) is 0 Å². The molecule has 2 aromatic heterocycles. The molecule has 3 rings (SSSR count). The highest BCUT2D eigenvalue weighted by molar-refractivity contribution is 7.12. The molecule has 4 nitrogen and oxygen atoms in total. The molecule has 0 aliphatic heterocycles. The minimum atomic E-state index is -0.765. The third kappa shape index (κ3) is 1.58. The summed E-state index contributed by atoms with van der Waals surface area (Å²) in [6.07, 6.45) is 1.37. The van der Waals surface area contributed by atoms with Gasteiger partial charge in [0.2, 0.25) is 0 Å². The Morgan fingerprint density at radius 1 is 1.44 bits per heavy atom. The standard InChI is InChI=1S/C13H13NO3S/c1-7-3-4-9(17-7)10-8(2)18-11(14-10)13(5-6-13)12(15)16/h3-4H,5-6H2,1-2H3,(H,15,16). The average molecular weight is 263 g/mol. The van der Waals surface area contributed by atoms with Crippen LogP contribution in [0.4, 0.5) is 0 Å². The molecule has 0 radical (unpaired) electrons. The van der Waals surface area contributed by atoms with Crippen molar-refractivity contribution in [3.63, 3.8) is 0 Å². The fourth-order valence-corrected chi connectivity index (χ4v) is 3.19. The lowest BCUT2D eigenvalue weighted by molar-refractivity contribution is -0.140. The van der Waals surface area contributed by atoms with Gasteiger partial charge in [0.25, 0.3) is 0 Å². The van der Waals surface area contributed by atoms with Crippen molar-refractivity contribution in [2.45, 2.75) is 32.1 Å². The maximum absolute atomic E-state index is 11.3. The van der Waals surface area contributed by atoms with Crippen molar-refractivity contribution in [1.82, 2.24) is 4.98 Å². The van der Waals surface area contributed by atoms with Crippen LogP contribution in [-0.4, -0.2) is 16.1 Å². The van der Waals surface area contributed by atoms with E-state index in [2.05, 4.69) is 4.98 Å². The molecule has 1 aliphatic carbocycles. The van der Waals surface area contributed by atoms with E-state index >= 15 is 0 Å². The smallest absolute Gasteiger partial charge is 0.316 e. The highest BCUT2D eigenvalue weighted by atomic mass is 32.1. The fourth-order valence-electron chi connectivity index (χ4n) is 2.04. The van der Waals surface area contributed by atoms with Crippen molar-refractivity contribution in [2.24, 2.45) is 0 Å². The zero-order chi connectivity index (χ0) is 12.9. The molecule has 94 valence electrons. The van der Waals surface area contributed by atoms with Crippen LogP contribution >= 0.6 is 11.3 Å². The number of aryl methyl sites for hydroxylation is 2. The maximum atomic E-state index is 11.3. The Morgan fingerprint density at radius 3 is 2.67 bits per heavy atom. The van der Waals surface area contributed by atoms with E-state index < -0.39 is 11.4 Å². The van der Waals surface area contributed by atoms with Gasteiger partial charge >= 0.3 is 5.97 Å². The third-order valence-electron chi connectivity index (χ3n) is 3.34. The lowest BCUT2D eigenvalue weighted by Crippen LogP contribution is -2.19. The van der Waals surface area contributed by atoms with Crippen LogP contribution in [0, 0.1) is 13.8 Å². The van der Waals surface area contributed by atoms with E-state index in [-0.39, 0.29) is 0 Å². The molecule has 18 heavy (non-hydrogen) atoms. The van der Waals surface area contributed by atoms with Crippen LogP contribution in [0.5, 0.6) is 0 Å². The van der Waals surface area contributed by atoms with Crippen molar-refractivity contribution in [1.29, 1.82) is 0 Å². The van der Waals surface area contributed by atoms with Gasteiger partial charge in [-0.25, -0.2) is 4.98 Å². The molecule has 0 amide bonds. The Labute approximate surface area is 108 Å². The molecular weight excluding hydrogens is 250 g/mol. The number of thiazole rings is 1. The van der Waals surface area contributed by atoms with Gasteiger partial charge < -0.3 is 9.52 Å². The number of carboxylic acids is 1. The fraction of sp³-hybridized carbons (Fsp3) is 0.385. The monoisotopic (exact) mass is 263 g/mol. The molecule has 2 aromatic rings. The van der Waals surface area contributed by atoms with Crippen LogP contribution < -0.4 is 0 Å². The second-order valence-electron chi connectivity index (χ2n) is 4.72. The molecule has 0 bridgehead atoms. The Bertz CT molecular complexity index is 622. The van der Waals surface area contributed by atoms with Crippen LogP contribution in [-0.2, 0) is 10.2 Å². The van der Waals surface area contributed by atoms with Gasteiger partial charge in [0.05, 0.1) is 0 Å². The summed E-state index contributed by atoms with van der Waals surface area (Å²) in [6, 6.07) is 3.76. The SMILES string of the molecule is Cc1ccc(-c2nc(C3(C(=O)O)CC3)sc2C)o1. The van der Waals surface area contributed by atoms with Crippen LogP contribution in [0.15, 0.2) is 16.5 Å². The summed E-state index contributed by atoms with van der Waals surface area (Å²) in [5.74, 6) is 0.783. The zero-order valence-corrected chi connectivity index (χ0v) is 11.0. The Hall–Kier alpha value is -1.62. The molecule has 1 aliphatic rings. The van der Waals surface area contributed by atoms with Gasteiger partial charge in [0.15, 0.2) is 5.76 Å². The van der Waals surface area contributed by atoms with Crippen LogP contribution in [0.2, 0.25) is 0 Å². The van der Waals surface area contributed by atoms with Gasteiger partial charge in [-0.15, -0.1) is 11.3 Å². The number of carbonyl (C=O) groups is 1. The largest absolute Gasteiger partial charge is 0.481 e. The molecule has 5 heteroatoms. The quantitative estimate of drug-likeness (QED) is 0.924. The first-order valence-electron chi connectivity index (χ1n) is 5.81. The van der Waals surface area contributed by atoms with Crippen molar-refractivity contribution in [3.05, 3.63) is 27.8 Å². The number of rotatable bonds is 3. The van der Waals surface area contributed by atoms with E-state index in [1.807, 2.05) is 26.0 Å². The second-order valence-corrected chi connectivity index (χ2v) is 5.92. The van der Waals surface area contributed by atoms with Gasteiger partial charge in [0, 0.05) is 4.88 Å². The van der Waals surface area contributed by atoms with Gasteiger partial charge in [-0.1, -0.05) is 0 Å². The van der Waals surface area contributed by atoms with Gasteiger partial charge in [0.1, 0.15) is 21.9 Å². The topological polar surface area (TPSA) is 63.3 Å². The van der Waals surface area contributed by atoms with Gasteiger partial charge in [-0.05, 0) is 38.8 Å². The number of aliphatic carboxylic acids is 1. The zero-order valence-electron chi connectivity index (χ0n) is 10.2. The Balaban J connectivity index is 2.04. The number of hydrogen-bond donors (Lipinski definition) is 1. The van der Waals surface area contributed by atoms with Crippen molar-refractivity contribution < 1.29 is 14.3 Å². The van der Waals surface area contributed by atoms with Gasteiger partial charge in [-0.3, -0.25) is 4.79 Å². The predicted octanol–water partition coefficient (Wildman–Crippen LogP) is 3.14. The van der Waals surface area contributed by atoms with Crippen molar-refractivity contribution in [3.8, 4) is 11.5 Å². The summed E-state index contributed by atoms with van der Waals surface area (Å²) in [7, 11) is 0. The van der Waals surface area contributed by atoms with Crippen molar-refractivity contribution >= 4 is 17.3 Å². The first kappa shape index (κ1) is 11.5. The first-order chi connectivity index (χ1) is 8.53. The number of nitrogens with zero attached hydrogens (tertiary/aromatic N) is 1. The Morgan fingerprint density at radius 2 is 2.17 bits per heavy atom. The molecule has 0 unspecified atom stereocenters. The van der Waals surface area contributed by atoms with E-state index in [4.69, 9.17) is 4.42 Å². The van der Waals surface area contributed by atoms with E-state index in [0.717, 1.165) is 16.3 Å². The molecule has 0 spiro atoms. The summed E-state index contributed by atoms with van der Waals surface area (Å²) in [4.78, 5) is 16.8. The van der Waals surface area contributed by atoms with E-state index in [1.165, 1.54) is 11.3 Å². The molecule has 1 N–H and O–H groups in total. The molecule has 0 saturated heterocycles. The summed E-state index contributed by atoms with van der Waals surface area (Å²) in [6.45, 7) is 3.83. The summed E-state index contributed by atoms with van der Waals surface area (Å²) >= 11 is 1.46. The minimum absolute atomic E-state index is 0.686. The molecule has 0 atom stereocenters. The molecule has 1 fully saturated rings. The second kappa shape index (κ2) is 3.68. The normalized spacial score (nSPS) is 16.8. The summed E-state index contributed by atoms with van der Waals surface area (Å²) in [5, 5.41) is 9.98. The molecular formula is C13H13NO3S. The minimum Gasteiger partial charge on any atom is -0.481 e. The number of furan rings is 1. The number of carboxylic acid groups (broad SMARTS) is 1. The first-order valence-corrected chi connectivity index (χ1v) is 6.63. The average Bonchev–Trinajstić information content (AvgIpc) is 2.89. The molecule has 2 heterocycles. The van der Waals surface area contributed by atoms with Crippen LogP contribution in [0.1, 0.15) is 28.5 Å². The van der Waals surface area contributed by atoms with E-state index in [9.17, 15) is 9.90 Å². The third-order valence-corrected chi connectivity index (χ3v) is 4.51. The lowest BCUT2D eigenvalue weighted by atomic mass is 10.1. The molecule has 1 saturated carbocycles. The van der Waals surface area contributed by atoms with E-state index in [0.29, 0.717) is 23.6 Å². The lowest BCUT2D eigenvalue weighted by Gasteiger charge is -2.03. The maximum Gasteiger partial charge on any atom is 0.316 e. The molecule has 0 aromatic carbocycles. The number of aromatic nitrogens is 1. The van der Waals surface area contributed by atoms with E-state index in [1.54, 1.807) is 0 Å². The number of hydrogen-bond acceptors (Lipinski definition) is 4. The summed E-state index contributed by atoms with van der Waals surface area (Å²) < 4.78 is 5.55. The highest BCUT2D eigenvalue weighted by Crippen LogP contribution is 2.50.